The smallest absolute Gasteiger partial charge is 0.355 e. The highest BCUT2D eigenvalue weighted by atomic mass is 32.1. The number of carboxylic acid groups (broad SMARTS) is 1. The van der Waals surface area contributed by atoms with E-state index in [0.717, 1.165) is 52.6 Å². The lowest BCUT2D eigenvalue weighted by Crippen LogP contribution is -2.82. The second-order valence-electron chi connectivity index (χ2n) is 17.2. The summed E-state index contributed by atoms with van der Waals surface area (Å²) in [5.74, 6) is -0.624. The lowest BCUT2D eigenvalue weighted by molar-refractivity contribution is -0.384. The number of aromatic carboxylic acids is 1. The van der Waals surface area contributed by atoms with Gasteiger partial charge in [0, 0.05) is 60.2 Å². The minimum absolute atomic E-state index is 0.0695. The number of carbonyl (C=O) groups is 1. The summed E-state index contributed by atoms with van der Waals surface area (Å²) in [6, 6.07) is 17.4. The first-order valence-electron chi connectivity index (χ1n) is 20.3. The van der Waals surface area contributed by atoms with Crippen molar-refractivity contribution in [3.8, 4) is 0 Å². The summed E-state index contributed by atoms with van der Waals surface area (Å²) >= 11 is 1.49. The fourth-order valence-electron chi connectivity index (χ4n) is 11.5. The van der Waals surface area contributed by atoms with E-state index in [4.69, 9.17) is 25.6 Å². The van der Waals surface area contributed by atoms with Crippen molar-refractivity contribution in [2.45, 2.75) is 83.8 Å². The van der Waals surface area contributed by atoms with Crippen LogP contribution in [0.2, 0.25) is 0 Å². The third kappa shape index (κ3) is 6.67. The fourth-order valence-corrected chi connectivity index (χ4v) is 12.4. The largest absolute Gasteiger partial charge is 0.476 e. The van der Waals surface area contributed by atoms with Crippen LogP contribution in [0.1, 0.15) is 91.8 Å². The molecule has 4 aliphatic rings. The Balaban J connectivity index is 0.978. The molecule has 0 saturated heterocycles. The van der Waals surface area contributed by atoms with Gasteiger partial charge in [-0.05, 0) is 98.2 Å². The van der Waals surface area contributed by atoms with E-state index < -0.39 is 18.3 Å². The Morgan fingerprint density at radius 3 is 2.66 bits per heavy atom. The van der Waals surface area contributed by atoms with Gasteiger partial charge in [-0.25, -0.2) is 14.8 Å². The van der Waals surface area contributed by atoms with Crippen LogP contribution in [0, 0.1) is 16.2 Å². The number of aliphatic hydroxyl groups excluding tert-OH is 3. The zero-order valence-corrected chi connectivity index (χ0v) is 34.3. The number of pyridine rings is 1. The molecule has 3 fully saturated rings. The molecule has 2 aromatic heterocycles. The standard InChI is InChI=1S/C44H55N7O6S/c1-27(47-26-43-16-15-41(2)24-42(3,25-43)44(41,43)57-20-18-46-17-13-29(53)23-52)32(21-45)30-11-12-36(49-37(30)39(55)56)51-19-14-28-7-6-8-31(33(28)22-51)38(54)50-40-48-34-9-4-5-10-35(34)58-40/h4-12,21,29,38,46,52-54H,13-20,22-26,45H2,1-3H3,(H,48,50)(H,55,56)/b32-21+,47-27?/t29-,38?,41?,42?,43?,44?/m0/s1. The Kier molecular flexibility index (Phi) is 10.9. The fraction of sp³-hybridized carbons (Fsp3) is 0.500. The Labute approximate surface area is 343 Å². The first-order valence-corrected chi connectivity index (χ1v) is 21.2. The van der Waals surface area contributed by atoms with E-state index >= 15 is 0 Å². The highest BCUT2D eigenvalue weighted by Gasteiger charge is 2.88. The van der Waals surface area contributed by atoms with Crippen LogP contribution in [0.15, 0.2) is 65.8 Å². The van der Waals surface area contributed by atoms with Gasteiger partial charge in [0.05, 0.1) is 35.1 Å². The summed E-state index contributed by atoms with van der Waals surface area (Å²) < 4.78 is 7.94. The van der Waals surface area contributed by atoms with Crippen molar-refractivity contribution in [2.24, 2.45) is 27.0 Å². The molecule has 8 rings (SSSR count). The van der Waals surface area contributed by atoms with Crippen LogP contribution in [-0.2, 0) is 17.7 Å². The topological polar surface area (TPSA) is 199 Å². The van der Waals surface area contributed by atoms with Crippen molar-refractivity contribution in [1.29, 1.82) is 0 Å². The second-order valence-corrected chi connectivity index (χ2v) is 18.2. The summed E-state index contributed by atoms with van der Waals surface area (Å²) in [5, 5.41) is 47.8. The normalized spacial score (nSPS) is 27.4. The van der Waals surface area contributed by atoms with Gasteiger partial charge in [-0.2, -0.15) is 0 Å². The number of thiazole rings is 1. The van der Waals surface area contributed by atoms with Crippen LogP contribution in [0.25, 0.3) is 15.8 Å². The third-order valence-corrected chi connectivity index (χ3v) is 14.6. The number of nitrogens with zero attached hydrogens (tertiary/aromatic N) is 4. The number of allylic oxidation sites excluding steroid dienone is 1. The summed E-state index contributed by atoms with van der Waals surface area (Å²) in [5.41, 5.74) is 11.2. The number of hydrogen-bond acceptors (Lipinski definition) is 13. The van der Waals surface area contributed by atoms with Crippen LogP contribution >= 0.6 is 11.3 Å². The number of hydrogen-bond donors (Lipinski definition) is 7. The van der Waals surface area contributed by atoms with Crippen LogP contribution in [0.3, 0.4) is 0 Å². The van der Waals surface area contributed by atoms with Gasteiger partial charge in [0.15, 0.2) is 17.1 Å². The van der Waals surface area contributed by atoms with Crippen LogP contribution in [0.4, 0.5) is 10.9 Å². The molecule has 0 spiro atoms. The molecule has 308 valence electrons. The van der Waals surface area contributed by atoms with Crippen molar-refractivity contribution in [2.75, 3.05) is 49.6 Å². The molecule has 3 heterocycles. The molecule has 3 aliphatic carbocycles. The van der Waals surface area contributed by atoms with E-state index in [0.29, 0.717) is 80.0 Å². The average molecular weight is 810 g/mol. The average Bonchev–Trinajstić information content (AvgIpc) is 3.64. The maximum Gasteiger partial charge on any atom is 0.355 e. The number of para-hydroxylation sites is 1. The molecule has 58 heavy (non-hydrogen) atoms. The van der Waals surface area contributed by atoms with Crippen molar-refractivity contribution in [3.63, 3.8) is 0 Å². The van der Waals surface area contributed by atoms with Crippen molar-refractivity contribution >= 4 is 49.8 Å². The van der Waals surface area contributed by atoms with Gasteiger partial charge < -0.3 is 46.4 Å². The molecule has 0 radical (unpaired) electrons. The highest BCUT2D eigenvalue weighted by Crippen LogP contribution is 2.87. The first-order chi connectivity index (χ1) is 27.9. The van der Waals surface area contributed by atoms with Gasteiger partial charge in [0.25, 0.3) is 0 Å². The Hall–Kier alpha value is -4.44. The van der Waals surface area contributed by atoms with E-state index in [-0.39, 0.29) is 34.1 Å². The SMILES string of the molecule is CC(=NCC12CCC3(C)CC(C)(C1)C32OCCNCC[C@H](O)CO)/C(=C\N)c1ccc(N2CCc3cccc(C(O)Nc4nc5ccccc5s4)c3C2)nc1C(=O)O. The molecule has 4 aromatic rings. The van der Waals surface area contributed by atoms with Gasteiger partial charge >= 0.3 is 5.97 Å². The number of benzene rings is 2. The number of aliphatic imine (C=N–C) groups is 1. The van der Waals surface area contributed by atoms with Gasteiger partial charge in [0.2, 0.25) is 0 Å². The molecule has 1 aliphatic heterocycles. The Morgan fingerprint density at radius 1 is 1.07 bits per heavy atom. The number of nitrogens with one attached hydrogen (secondary N) is 2. The summed E-state index contributed by atoms with van der Waals surface area (Å²) in [6.07, 6.45) is 5.15. The van der Waals surface area contributed by atoms with Crippen LogP contribution < -0.4 is 21.3 Å². The zero-order chi connectivity index (χ0) is 40.9. The minimum atomic E-state index is -1.15. The quantitative estimate of drug-likeness (QED) is 0.0402. The van der Waals surface area contributed by atoms with Gasteiger partial charge in [-0.1, -0.05) is 55.5 Å². The molecule has 6 atom stereocenters. The number of fused-ring (bicyclic) bond motifs is 2. The Bertz CT molecular complexity index is 2230. The molecule has 2 aromatic carbocycles. The number of carboxylic acids is 1. The summed E-state index contributed by atoms with van der Waals surface area (Å²) in [4.78, 5) is 29.4. The number of anilines is 2. The van der Waals surface area contributed by atoms with E-state index in [2.05, 4.69) is 40.4 Å². The molecule has 0 amide bonds. The molecule has 0 bridgehead atoms. The number of ether oxygens (including phenoxy) is 1. The molecule has 13 nitrogen and oxygen atoms in total. The monoisotopic (exact) mass is 809 g/mol. The van der Waals surface area contributed by atoms with Crippen LogP contribution in [-0.4, -0.2) is 93.2 Å². The molecular formula is C44H55N7O6S. The van der Waals surface area contributed by atoms with E-state index in [1.807, 2.05) is 49.4 Å². The predicted molar refractivity (Wildman–Crippen MR) is 227 cm³/mol. The molecule has 8 N–H and O–H groups in total. The summed E-state index contributed by atoms with van der Waals surface area (Å²) in [7, 11) is 0. The van der Waals surface area contributed by atoms with Crippen molar-refractivity contribution in [3.05, 3.63) is 88.7 Å². The van der Waals surface area contributed by atoms with E-state index in [1.165, 1.54) is 17.5 Å². The third-order valence-electron chi connectivity index (χ3n) is 13.6. The molecule has 3 saturated carbocycles. The van der Waals surface area contributed by atoms with Crippen LogP contribution in [0.5, 0.6) is 0 Å². The molecule has 14 heteroatoms. The highest BCUT2D eigenvalue weighted by molar-refractivity contribution is 7.22. The van der Waals surface area contributed by atoms with E-state index in [9.17, 15) is 20.1 Å². The lowest BCUT2D eigenvalue weighted by atomic mass is 9.29. The lowest BCUT2D eigenvalue weighted by Gasteiger charge is -2.79. The van der Waals surface area contributed by atoms with Crippen molar-refractivity contribution in [1.82, 2.24) is 15.3 Å². The molecule has 5 unspecified atom stereocenters. The maximum absolute atomic E-state index is 12.8. The number of aliphatic hydroxyl groups is 3. The zero-order valence-electron chi connectivity index (χ0n) is 33.5. The van der Waals surface area contributed by atoms with E-state index in [1.54, 1.807) is 6.07 Å². The van der Waals surface area contributed by atoms with Crippen molar-refractivity contribution < 1.29 is 30.0 Å². The number of nitrogens with two attached hydrogens (primary N) is 1. The second kappa shape index (κ2) is 15.6. The maximum atomic E-state index is 12.8. The predicted octanol–water partition coefficient (Wildman–Crippen LogP) is 5.50. The minimum Gasteiger partial charge on any atom is -0.476 e. The summed E-state index contributed by atoms with van der Waals surface area (Å²) in [6.45, 7) is 9.77. The van der Waals surface area contributed by atoms with Gasteiger partial charge in [-0.3, -0.25) is 4.99 Å². The van der Waals surface area contributed by atoms with Gasteiger partial charge in [0.1, 0.15) is 5.82 Å². The number of aromatic nitrogens is 2. The molecular weight excluding hydrogens is 755 g/mol. The van der Waals surface area contributed by atoms with Gasteiger partial charge in [-0.15, -0.1) is 0 Å². The first kappa shape index (κ1) is 40.3. The number of rotatable bonds is 17. The Morgan fingerprint density at radius 2 is 1.90 bits per heavy atom.